The predicted octanol–water partition coefficient (Wildman–Crippen LogP) is 4.16. The lowest BCUT2D eigenvalue weighted by Crippen LogP contribution is -2.48. The van der Waals surface area contributed by atoms with Crippen molar-refractivity contribution in [2.75, 3.05) is 13.2 Å². The Bertz CT molecular complexity index is 1050. The second-order valence-electron chi connectivity index (χ2n) is 9.62. The third kappa shape index (κ3) is 4.65. The van der Waals surface area contributed by atoms with E-state index >= 15 is 0 Å². The maximum atomic E-state index is 12.9. The molecule has 0 heterocycles. The SMILES string of the molecule is O=C(O)CN(C(=O)CC(NC(=O)OCC1c2ccccc2-c2ccccc21)C1CCC1)C1CC1. The van der Waals surface area contributed by atoms with Gasteiger partial charge in [0.15, 0.2) is 0 Å². The molecule has 2 fully saturated rings. The van der Waals surface area contributed by atoms with E-state index in [-0.39, 0.29) is 49.4 Å². The van der Waals surface area contributed by atoms with Crippen molar-refractivity contribution in [3.05, 3.63) is 59.7 Å². The highest BCUT2D eigenvalue weighted by molar-refractivity contribution is 5.83. The van der Waals surface area contributed by atoms with E-state index in [1.165, 1.54) is 16.0 Å². The van der Waals surface area contributed by atoms with Crippen LogP contribution in [0.4, 0.5) is 4.79 Å². The van der Waals surface area contributed by atoms with Gasteiger partial charge in [0, 0.05) is 24.4 Å². The minimum absolute atomic E-state index is 0.0140. The van der Waals surface area contributed by atoms with Crippen molar-refractivity contribution < 1.29 is 24.2 Å². The third-order valence-corrected chi connectivity index (χ3v) is 7.37. The largest absolute Gasteiger partial charge is 0.480 e. The Morgan fingerprint density at radius 2 is 1.59 bits per heavy atom. The van der Waals surface area contributed by atoms with Gasteiger partial charge in [-0.25, -0.2) is 4.79 Å². The minimum Gasteiger partial charge on any atom is -0.480 e. The van der Waals surface area contributed by atoms with E-state index in [9.17, 15) is 19.5 Å². The number of benzene rings is 2. The summed E-state index contributed by atoms with van der Waals surface area (Å²) in [7, 11) is 0. The quantitative estimate of drug-likeness (QED) is 0.583. The lowest BCUT2D eigenvalue weighted by atomic mass is 9.78. The molecule has 0 spiro atoms. The van der Waals surface area contributed by atoms with Gasteiger partial charge in [0.1, 0.15) is 13.2 Å². The molecule has 2 aromatic carbocycles. The van der Waals surface area contributed by atoms with Crippen LogP contribution in [0.3, 0.4) is 0 Å². The van der Waals surface area contributed by atoms with Crippen LogP contribution in [0.2, 0.25) is 0 Å². The van der Waals surface area contributed by atoms with Crippen LogP contribution in [0.5, 0.6) is 0 Å². The van der Waals surface area contributed by atoms with Gasteiger partial charge in [0.25, 0.3) is 0 Å². The maximum absolute atomic E-state index is 12.9. The van der Waals surface area contributed by atoms with Crippen molar-refractivity contribution in [1.29, 1.82) is 0 Å². The zero-order valence-electron chi connectivity index (χ0n) is 19.1. The number of nitrogens with one attached hydrogen (secondary N) is 1. The Hall–Kier alpha value is -3.35. The highest BCUT2D eigenvalue weighted by Crippen LogP contribution is 2.44. The lowest BCUT2D eigenvalue weighted by Gasteiger charge is -2.35. The minimum atomic E-state index is -1.01. The van der Waals surface area contributed by atoms with E-state index in [0.717, 1.165) is 43.2 Å². The van der Waals surface area contributed by atoms with E-state index in [0.29, 0.717) is 0 Å². The zero-order chi connectivity index (χ0) is 23.7. The summed E-state index contributed by atoms with van der Waals surface area (Å²) in [6.45, 7) is -0.0652. The van der Waals surface area contributed by atoms with E-state index < -0.39 is 12.1 Å². The number of aliphatic carboxylic acids is 1. The zero-order valence-corrected chi connectivity index (χ0v) is 19.1. The number of ether oxygens (including phenoxy) is 1. The molecule has 2 saturated carbocycles. The first-order chi connectivity index (χ1) is 16.5. The van der Waals surface area contributed by atoms with Gasteiger partial charge in [-0.15, -0.1) is 0 Å². The standard InChI is InChI=1S/C27H30N2O5/c30-25(29(15-26(31)32)18-12-13-18)14-24(17-6-5-7-17)28-27(33)34-16-23-21-10-3-1-8-19(21)20-9-2-4-11-22(20)23/h1-4,8-11,17-18,23-24H,5-7,12-16H2,(H,28,33)(H,31,32). The first-order valence-electron chi connectivity index (χ1n) is 12.1. The first kappa shape index (κ1) is 22.4. The number of carboxylic acids is 1. The molecule has 178 valence electrons. The highest BCUT2D eigenvalue weighted by Gasteiger charge is 2.37. The van der Waals surface area contributed by atoms with Crippen LogP contribution in [0.25, 0.3) is 11.1 Å². The van der Waals surface area contributed by atoms with Gasteiger partial charge in [-0.05, 0) is 53.9 Å². The summed E-state index contributed by atoms with van der Waals surface area (Å²) in [4.78, 5) is 38.4. The van der Waals surface area contributed by atoms with Gasteiger partial charge in [-0.1, -0.05) is 55.0 Å². The summed E-state index contributed by atoms with van der Waals surface area (Å²) >= 11 is 0. The number of fused-ring (bicyclic) bond motifs is 3. The predicted molar refractivity (Wildman–Crippen MR) is 126 cm³/mol. The first-order valence-corrected chi connectivity index (χ1v) is 12.1. The molecular formula is C27H30N2O5. The molecular weight excluding hydrogens is 432 g/mol. The number of nitrogens with zero attached hydrogens (tertiary/aromatic N) is 1. The molecule has 0 radical (unpaired) electrons. The summed E-state index contributed by atoms with van der Waals surface area (Å²) < 4.78 is 5.69. The third-order valence-electron chi connectivity index (χ3n) is 7.37. The second-order valence-corrected chi connectivity index (χ2v) is 9.62. The molecule has 7 nitrogen and oxygen atoms in total. The summed E-state index contributed by atoms with van der Waals surface area (Å²) in [5.41, 5.74) is 4.64. The number of hydrogen-bond acceptors (Lipinski definition) is 4. The fraction of sp³-hybridized carbons (Fsp3) is 0.444. The topological polar surface area (TPSA) is 95.9 Å². The monoisotopic (exact) mass is 462 g/mol. The summed E-state index contributed by atoms with van der Waals surface area (Å²) in [6.07, 6.45) is 4.23. The number of carbonyl (C=O) groups is 3. The van der Waals surface area contributed by atoms with E-state index in [4.69, 9.17) is 4.74 Å². The molecule has 0 aromatic heterocycles. The average molecular weight is 463 g/mol. The molecule has 3 aliphatic carbocycles. The molecule has 34 heavy (non-hydrogen) atoms. The Balaban J connectivity index is 1.23. The van der Waals surface area contributed by atoms with E-state index in [2.05, 4.69) is 29.6 Å². The highest BCUT2D eigenvalue weighted by atomic mass is 16.5. The van der Waals surface area contributed by atoms with Crippen LogP contribution >= 0.6 is 0 Å². The van der Waals surface area contributed by atoms with Gasteiger partial charge in [-0.3, -0.25) is 9.59 Å². The number of rotatable bonds is 9. The smallest absolute Gasteiger partial charge is 0.407 e. The van der Waals surface area contributed by atoms with Crippen LogP contribution in [0.15, 0.2) is 48.5 Å². The van der Waals surface area contributed by atoms with Gasteiger partial charge in [0.05, 0.1) is 0 Å². The van der Waals surface area contributed by atoms with Crippen LogP contribution in [0, 0.1) is 5.92 Å². The normalized spacial score (nSPS) is 17.8. The van der Waals surface area contributed by atoms with Crippen LogP contribution in [0.1, 0.15) is 55.6 Å². The Morgan fingerprint density at radius 1 is 0.971 bits per heavy atom. The van der Waals surface area contributed by atoms with Gasteiger partial charge in [0.2, 0.25) is 5.91 Å². The van der Waals surface area contributed by atoms with Crippen LogP contribution < -0.4 is 5.32 Å². The van der Waals surface area contributed by atoms with Crippen molar-refractivity contribution in [1.82, 2.24) is 10.2 Å². The van der Waals surface area contributed by atoms with Gasteiger partial charge >= 0.3 is 12.1 Å². The van der Waals surface area contributed by atoms with Crippen molar-refractivity contribution in [3.8, 4) is 11.1 Å². The van der Waals surface area contributed by atoms with Crippen LogP contribution in [-0.2, 0) is 14.3 Å². The van der Waals surface area contributed by atoms with Gasteiger partial charge < -0.3 is 20.1 Å². The van der Waals surface area contributed by atoms with E-state index in [1.807, 2.05) is 24.3 Å². The van der Waals surface area contributed by atoms with Crippen molar-refractivity contribution >= 4 is 18.0 Å². The molecule has 7 heteroatoms. The Labute approximate surface area is 199 Å². The Morgan fingerprint density at radius 3 is 2.12 bits per heavy atom. The molecule has 2 N–H and O–H groups in total. The molecule has 2 amide bonds. The summed E-state index contributed by atoms with van der Waals surface area (Å²) in [6, 6.07) is 16.0. The fourth-order valence-electron chi connectivity index (χ4n) is 5.23. The molecule has 5 rings (SSSR count). The molecule has 0 bridgehead atoms. The molecule has 1 unspecified atom stereocenters. The number of carbonyl (C=O) groups excluding carboxylic acids is 2. The number of amides is 2. The van der Waals surface area contributed by atoms with Crippen molar-refractivity contribution in [3.63, 3.8) is 0 Å². The van der Waals surface area contributed by atoms with Crippen molar-refractivity contribution in [2.24, 2.45) is 5.92 Å². The van der Waals surface area contributed by atoms with Crippen LogP contribution in [-0.4, -0.2) is 53.2 Å². The summed E-state index contributed by atoms with van der Waals surface area (Å²) in [5.74, 6) is -1.02. The number of carboxylic acid groups (broad SMARTS) is 1. The lowest BCUT2D eigenvalue weighted by molar-refractivity contribution is -0.145. The molecule has 1 atom stereocenters. The van der Waals surface area contributed by atoms with Crippen molar-refractivity contribution in [2.45, 2.75) is 56.5 Å². The molecule has 2 aromatic rings. The number of hydrogen-bond donors (Lipinski definition) is 2. The number of alkyl carbamates (subject to hydrolysis) is 1. The molecule has 0 saturated heterocycles. The average Bonchev–Trinajstić information content (AvgIpc) is 3.57. The van der Waals surface area contributed by atoms with E-state index in [1.54, 1.807) is 0 Å². The Kier molecular flexibility index (Phi) is 6.26. The van der Waals surface area contributed by atoms with Gasteiger partial charge in [-0.2, -0.15) is 0 Å². The maximum Gasteiger partial charge on any atom is 0.407 e. The summed E-state index contributed by atoms with van der Waals surface area (Å²) in [5, 5.41) is 12.1. The molecule has 0 aliphatic heterocycles. The molecule has 3 aliphatic rings. The second kappa shape index (κ2) is 9.49. The fourth-order valence-corrected chi connectivity index (χ4v) is 5.23.